The first-order chi connectivity index (χ1) is 16.4. The first-order valence-corrected chi connectivity index (χ1v) is 12.7. The van der Waals surface area contributed by atoms with Gasteiger partial charge in [0, 0.05) is 25.9 Å². The number of carbonyl (C=O) groups excluding carboxylic acids is 4. The Balaban J connectivity index is 1.74. The number of Topliss-reactive ketones (excluding diaryl/α,β-unsaturated/α-hetero) is 1. The van der Waals surface area contributed by atoms with E-state index in [4.69, 9.17) is 14.2 Å². The molecule has 4 rings (SSSR count). The summed E-state index contributed by atoms with van der Waals surface area (Å²) >= 11 is 0. The summed E-state index contributed by atoms with van der Waals surface area (Å²) in [5.74, 6) is -1.24. The van der Waals surface area contributed by atoms with Crippen LogP contribution in [0.5, 0.6) is 0 Å². The van der Waals surface area contributed by atoms with Gasteiger partial charge in [-0.15, -0.1) is 0 Å². The zero-order chi connectivity index (χ0) is 25.8. The summed E-state index contributed by atoms with van der Waals surface area (Å²) in [6, 6.07) is 0. The van der Waals surface area contributed by atoms with Crippen LogP contribution in [-0.2, 0) is 33.4 Å². The number of aliphatic hydroxyl groups is 1. The molecule has 0 aliphatic heterocycles. The smallest absolute Gasteiger partial charge is 0.333 e. The third kappa shape index (κ3) is 3.97. The van der Waals surface area contributed by atoms with Gasteiger partial charge in [-0.1, -0.05) is 26.3 Å². The van der Waals surface area contributed by atoms with Crippen molar-refractivity contribution >= 4 is 23.5 Å². The minimum absolute atomic E-state index is 0.0333. The molecule has 0 bridgehead atoms. The largest absolute Gasteiger partial charge is 0.458 e. The molecular weight excluding hydrogens is 452 g/mol. The summed E-state index contributed by atoms with van der Waals surface area (Å²) in [5, 5.41) is 11.7. The molecule has 0 aromatic carbocycles. The topological polar surface area (TPSA) is 116 Å². The number of carbonyl (C=O) groups is 4. The molecular formula is C27H38O8. The molecule has 4 aliphatic rings. The van der Waals surface area contributed by atoms with Crippen LogP contribution >= 0.6 is 0 Å². The number of methoxy groups -OCH3 is 1. The van der Waals surface area contributed by atoms with Gasteiger partial charge < -0.3 is 19.3 Å². The Labute approximate surface area is 206 Å². The van der Waals surface area contributed by atoms with E-state index >= 15 is 0 Å². The predicted molar refractivity (Wildman–Crippen MR) is 125 cm³/mol. The number of fused-ring (bicyclic) bond motifs is 5. The summed E-state index contributed by atoms with van der Waals surface area (Å²) in [4.78, 5) is 49.9. The summed E-state index contributed by atoms with van der Waals surface area (Å²) in [7, 11) is 1.38. The normalized spacial score (nSPS) is 42.3. The summed E-state index contributed by atoms with van der Waals surface area (Å²) in [6.07, 6.45) is 4.33. The number of hydrogen-bond acceptors (Lipinski definition) is 8. The second-order valence-electron chi connectivity index (χ2n) is 11.6. The predicted octanol–water partition coefficient (Wildman–Crippen LogP) is 2.80. The SMILES string of the molecule is COCC(=O)O[C@]1(C(=O)COC(C)=O)CC[C@H]2[C@@H]3C[C@H](C)C4=CC(=O)CC[C@]4(C)[C@H]3[C@@H](O)C[C@@]21C. The Morgan fingerprint density at radius 2 is 1.89 bits per heavy atom. The van der Waals surface area contributed by atoms with Crippen molar-refractivity contribution in [1.82, 2.24) is 0 Å². The third-order valence-corrected chi connectivity index (χ3v) is 9.74. The van der Waals surface area contributed by atoms with E-state index in [1.807, 2.05) is 6.92 Å². The van der Waals surface area contributed by atoms with Crippen molar-refractivity contribution in [2.75, 3.05) is 20.3 Å². The number of aliphatic hydroxyl groups excluding tert-OH is 1. The maximum absolute atomic E-state index is 13.6. The number of ketones is 2. The van der Waals surface area contributed by atoms with Crippen molar-refractivity contribution in [3.8, 4) is 0 Å². The van der Waals surface area contributed by atoms with Gasteiger partial charge in [-0.25, -0.2) is 4.79 Å². The Morgan fingerprint density at radius 1 is 1.17 bits per heavy atom. The van der Waals surface area contributed by atoms with E-state index in [1.165, 1.54) is 14.0 Å². The maximum Gasteiger partial charge on any atom is 0.333 e. The number of ether oxygens (including phenoxy) is 3. The summed E-state index contributed by atoms with van der Waals surface area (Å²) in [6.45, 7) is 6.72. The molecule has 0 radical (unpaired) electrons. The molecule has 1 N–H and O–H groups in total. The van der Waals surface area contributed by atoms with Crippen LogP contribution < -0.4 is 0 Å². The Kier molecular flexibility index (Phi) is 6.77. The Bertz CT molecular complexity index is 955. The lowest BCUT2D eigenvalue weighted by atomic mass is 9.44. The lowest BCUT2D eigenvalue weighted by Crippen LogP contribution is -2.64. The van der Waals surface area contributed by atoms with Crippen molar-refractivity contribution < 1.29 is 38.5 Å². The lowest BCUT2D eigenvalue weighted by molar-refractivity contribution is -0.206. The van der Waals surface area contributed by atoms with Gasteiger partial charge in [0.05, 0.1) is 6.10 Å². The molecule has 4 aliphatic carbocycles. The van der Waals surface area contributed by atoms with Crippen molar-refractivity contribution in [3.05, 3.63) is 11.6 Å². The molecule has 0 saturated heterocycles. The van der Waals surface area contributed by atoms with E-state index in [0.29, 0.717) is 25.7 Å². The molecule has 0 spiro atoms. The second-order valence-corrected chi connectivity index (χ2v) is 11.6. The Hall–Kier alpha value is -2.06. The number of rotatable bonds is 6. The van der Waals surface area contributed by atoms with Crippen LogP contribution in [-0.4, -0.2) is 60.6 Å². The van der Waals surface area contributed by atoms with Crippen LogP contribution in [0.4, 0.5) is 0 Å². The number of esters is 2. The van der Waals surface area contributed by atoms with Crippen LogP contribution in [0, 0.1) is 34.5 Å². The van der Waals surface area contributed by atoms with Crippen LogP contribution in [0.2, 0.25) is 0 Å². The highest BCUT2D eigenvalue weighted by molar-refractivity contribution is 5.93. The van der Waals surface area contributed by atoms with E-state index in [0.717, 1.165) is 12.0 Å². The fraction of sp³-hybridized carbons (Fsp3) is 0.778. The van der Waals surface area contributed by atoms with Crippen LogP contribution in [0.3, 0.4) is 0 Å². The highest BCUT2D eigenvalue weighted by Crippen LogP contribution is 2.69. The van der Waals surface area contributed by atoms with E-state index in [1.54, 1.807) is 6.08 Å². The van der Waals surface area contributed by atoms with Gasteiger partial charge in [0.1, 0.15) is 6.61 Å². The molecule has 0 amide bonds. The fourth-order valence-electron chi connectivity index (χ4n) is 8.42. The molecule has 0 aromatic heterocycles. The number of allylic oxidation sites excluding steroid dienone is 1. The van der Waals surface area contributed by atoms with Gasteiger partial charge in [-0.3, -0.25) is 14.4 Å². The first-order valence-electron chi connectivity index (χ1n) is 12.7. The van der Waals surface area contributed by atoms with Crippen molar-refractivity contribution in [1.29, 1.82) is 0 Å². The van der Waals surface area contributed by atoms with Crippen molar-refractivity contribution in [2.45, 2.75) is 77.9 Å². The zero-order valence-corrected chi connectivity index (χ0v) is 21.4. The van der Waals surface area contributed by atoms with E-state index in [9.17, 15) is 24.3 Å². The minimum atomic E-state index is -1.50. The van der Waals surface area contributed by atoms with E-state index in [-0.39, 0.29) is 47.9 Å². The molecule has 0 unspecified atom stereocenters. The molecule has 35 heavy (non-hydrogen) atoms. The zero-order valence-electron chi connectivity index (χ0n) is 21.4. The van der Waals surface area contributed by atoms with Gasteiger partial charge in [-0.2, -0.15) is 0 Å². The minimum Gasteiger partial charge on any atom is -0.458 e. The Morgan fingerprint density at radius 3 is 2.54 bits per heavy atom. The van der Waals surface area contributed by atoms with Crippen molar-refractivity contribution in [3.63, 3.8) is 0 Å². The van der Waals surface area contributed by atoms with E-state index < -0.39 is 41.4 Å². The standard InChI is InChI=1S/C27H38O8/c1-15-10-18-19-7-9-27(35-23(32)14-33-5,22(31)13-34-16(2)28)26(19,4)12-21(30)24(18)25(3)8-6-17(29)11-20(15)25/h11,15,18-19,21,24,30H,6-10,12-14H2,1-5H3/t15-,18-,19-,21-,24+,25-,26-,27-/m0/s1. The molecule has 0 aromatic rings. The van der Waals surface area contributed by atoms with E-state index in [2.05, 4.69) is 13.8 Å². The van der Waals surface area contributed by atoms with Gasteiger partial charge in [-0.05, 0) is 67.3 Å². The first kappa shape index (κ1) is 26.0. The summed E-state index contributed by atoms with van der Waals surface area (Å²) in [5.41, 5.74) is -1.47. The van der Waals surface area contributed by atoms with Gasteiger partial charge >= 0.3 is 11.9 Å². The second kappa shape index (κ2) is 9.11. The highest BCUT2D eigenvalue weighted by Gasteiger charge is 2.71. The average molecular weight is 491 g/mol. The van der Waals surface area contributed by atoms with Gasteiger partial charge in [0.2, 0.25) is 5.78 Å². The third-order valence-electron chi connectivity index (χ3n) is 9.74. The van der Waals surface area contributed by atoms with Gasteiger partial charge in [0.25, 0.3) is 0 Å². The highest BCUT2D eigenvalue weighted by atomic mass is 16.6. The van der Waals surface area contributed by atoms with Crippen LogP contribution in [0.25, 0.3) is 0 Å². The van der Waals surface area contributed by atoms with Gasteiger partial charge in [0.15, 0.2) is 18.0 Å². The molecule has 8 heteroatoms. The monoisotopic (exact) mass is 490 g/mol. The summed E-state index contributed by atoms with van der Waals surface area (Å²) < 4.78 is 15.9. The fourth-order valence-corrected chi connectivity index (χ4v) is 8.42. The molecule has 0 heterocycles. The maximum atomic E-state index is 13.6. The molecule has 8 nitrogen and oxygen atoms in total. The van der Waals surface area contributed by atoms with Crippen LogP contribution in [0.1, 0.15) is 66.2 Å². The number of hydrogen-bond donors (Lipinski definition) is 1. The average Bonchev–Trinajstić information content (AvgIpc) is 3.05. The lowest BCUT2D eigenvalue weighted by Gasteiger charge is -2.62. The molecule has 3 fully saturated rings. The van der Waals surface area contributed by atoms with Crippen molar-refractivity contribution in [2.24, 2.45) is 34.5 Å². The molecule has 3 saturated carbocycles. The molecule has 8 atom stereocenters. The molecule has 194 valence electrons. The van der Waals surface area contributed by atoms with Crippen LogP contribution in [0.15, 0.2) is 11.6 Å². The quantitative estimate of drug-likeness (QED) is 0.565.